The standard InChI is InChI=1S/C18H29N5O/c1-4-8-23-14(2)16(12-20-23)13-22-9-5-15(6-10-22)17(24)18-19-7-11-21(18)3/h7,11-12,15,17,24H,4-6,8-10,13H2,1-3H3/t17-/m1/s1. The van der Waals surface area contributed by atoms with Gasteiger partial charge >= 0.3 is 0 Å². The molecular formula is C18H29N5O. The highest BCUT2D eigenvalue weighted by molar-refractivity contribution is 5.16. The van der Waals surface area contributed by atoms with Crippen molar-refractivity contribution in [1.29, 1.82) is 0 Å². The largest absolute Gasteiger partial charge is 0.385 e. The third-order valence-electron chi connectivity index (χ3n) is 5.24. The van der Waals surface area contributed by atoms with Crippen LogP contribution in [0.4, 0.5) is 0 Å². The van der Waals surface area contributed by atoms with Gasteiger partial charge < -0.3 is 9.67 Å². The molecule has 6 heteroatoms. The van der Waals surface area contributed by atoms with E-state index in [1.54, 1.807) is 6.20 Å². The molecule has 6 nitrogen and oxygen atoms in total. The number of hydrogen-bond acceptors (Lipinski definition) is 4. The Morgan fingerprint density at radius 3 is 2.71 bits per heavy atom. The average molecular weight is 331 g/mol. The van der Waals surface area contributed by atoms with Gasteiger partial charge in [0.1, 0.15) is 11.9 Å². The topological polar surface area (TPSA) is 59.1 Å². The molecule has 1 saturated heterocycles. The van der Waals surface area contributed by atoms with Crippen LogP contribution in [-0.2, 0) is 20.1 Å². The molecule has 0 bridgehead atoms. The number of aliphatic hydroxyl groups is 1. The summed E-state index contributed by atoms with van der Waals surface area (Å²) >= 11 is 0. The van der Waals surface area contributed by atoms with E-state index >= 15 is 0 Å². The second kappa shape index (κ2) is 7.49. The fraction of sp³-hybridized carbons (Fsp3) is 0.667. The summed E-state index contributed by atoms with van der Waals surface area (Å²) in [6.07, 6.45) is 8.33. The summed E-state index contributed by atoms with van der Waals surface area (Å²) in [6.45, 7) is 8.33. The highest BCUT2D eigenvalue weighted by atomic mass is 16.3. The molecule has 0 radical (unpaired) electrons. The molecule has 24 heavy (non-hydrogen) atoms. The first-order valence-electron chi connectivity index (χ1n) is 8.99. The number of hydrogen-bond donors (Lipinski definition) is 1. The summed E-state index contributed by atoms with van der Waals surface area (Å²) in [4.78, 5) is 6.77. The molecule has 1 aliphatic rings. The van der Waals surface area contributed by atoms with Crippen molar-refractivity contribution in [3.8, 4) is 0 Å². The van der Waals surface area contributed by atoms with Crippen LogP contribution in [0.25, 0.3) is 0 Å². The van der Waals surface area contributed by atoms with Crippen molar-refractivity contribution in [2.24, 2.45) is 13.0 Å². The third-order valence-corrected chi connectivity index (χ3v) is 5.24. The van der Waals surface area contributed by atoms with E-state index in [0.29, 0.717) is 5.92 Å². The molecule has 0 aliphatic carbocycles. The summed E-state index contributed by atoms with van der Waals surface area (Å²) in [7, 11) is 1.94. The Hall–Kier alpha value is -1.66. The molecule has 1 aliphatic heterocycles. The van der Waals surface area contributed by atoms with Crippen molar-refractivity contribution >= 4 is 0 Å². The molecule has 2 aromatic heterocycles. The van der Waals surface area contributed by atoms with Crippen molar-refractivity contribution in [2.45, 2.75) is 52.3 Å². The van der Waals surface area contributed by atoms with Gasteiger partial charge in [0.25, 0.3) is 0 Å². The Morgan fingerprint density at radius 2 is 2.08 bits per heavy atom. The van der Waals surface area contributed by atoms with Gasteiger partial charge in [-0.3, -0.25) is 9.58 Å². The summed E-state index contributed by atoms with van der Waals surface area (Å²) in [5, 5.41) is 15.1. The molecule has 2 aromatic rings. The van der Waals surface area contributed by atoms with Crippen LogP contribution in [0.2, 0.25) is 0 Å². The monoisotopic (exact) mass is 331 g/mol. The van der Waals surface area contributed by atoms with E-state index in [4.69, 9.17) is 0 Å². The van der Waals surface area contributed by atoms with E-state index in [9.17, 15) is 5.11 Å². The number of aryl methyl sites for hydroxylation is 2. The summed E-state index contributed by atoms with van der Waals surface area (Å²) in [6, 6.07) is 0. The van der Waals surface area contributed by atoms with Gasteiger partial charge in [0.15, 0.2) is 0 Å². The third kappa shape index (κ3) is 3.54. The van der Waals surface area contributed by atoms with Gasteiger partial charge in [0.05, 0.1) is 6.20 Å². The van der Waals surface area contributed by atoms with Gasteiger partial charge in [0.2, 0.25) is 0 Å². The molecule has 1 N–H and O–H groups in total. The number of aromatic nitrogens is 4. The lowest BCUT2D eigenvalue weighted by Gasteiger charge is -2.33. The van der Waals surface area contributed by atoms with E-state index in [1.807, 2.05) is 24.0 Å². The van der Waals surface area contributed by atoms with Gasteiger partial charge in [-0.25, -0.2) is 4.98 Å². The molecule has 0 saturated carbocycles. The predicted molar refractivity (Wildman–Crippen MR) is 93.4 cm³/mol. The van der Waals surface area contributed by atoms with Crippen LogP contribution >= 0.6 is 0 Å². The van der Waals surface area contributed by atoms with Gasteiger partial charge in [-0.1, -0.05) is 6.92 Å². The highest BCUT2D eigenvalue weighted by Crippen LogP contribution is 2.30. The number of nitrogens with zero attached hydrogens (tertiary/aromatic N) is 5. The first-order valence-corrected chi connectivity index (χ1v) is 8.99. The van der Waals surface area contributed by atoms with Gasteiger partial charge in [0, 0.05) is 43.8 Å². The number of piperidine rings is 1. The Kier molecular flexibility index (Phi) is 5.36. The molecule has 132 valence electrons. The lowest BCUT2D eigenvalue weighted by molar-refractivity contribution is 0.0491. The zero-order valence-corrected chi connectivity index (χ0v) is 15.0. The molecule has 0 spiro atoms. The van der Waals surface area contributed by atoms with Crippen LogP contribution in [0.15, 0.2) is 18.6 Å². The number of aliphatic hydroxyl groups excluding tert-OH is 1. The second-order valence-electron chi connectivity index (χ2n) is 6.93. The van der Waals surface area contributed by atoms with Crippen molar-refractivity contribution in [3.05, 3.63) is 35.7 Å². The van der Waals surface area contributed by atoms with E-state index in [-0.39, 0.29) is 0 Å². The molecule has 0 amide bonds. The number of rotatable bonds is 6. The molecule has 0 aromatic carbocycles. The Balaban J connectivity index is 1.55. The zero-order chi connectivity index (χ0) is 17.1. The highest BCUT2D eigenvalue weighted by Gasteiger charge is 2.28. The van der Waals surface area contributed by atoms with Crippen LogP contribution in [0.1, 0.15) is 49.4 Å². The normalized spacial score (nSPS) is 18.2. The second-order valence-corrected chi connectivity index (χ2v) is 6.93. The van der Waals surface area contributed by atoms with Gasteiger partial charge in [-0.2, -0.15) is 5.10 Å². The van der Waals surface area contributed by atoms with E-state index in [0.717, 1.165) is 51.3 Å². The predicted octanol–water partition coefficient (Wildman–Crippen LogP) is 2.28. The minimum atomic E-state index is -0.457. The smallest absolute Gasteiger partial charge is 0.137 e. The first kappa shape index (κ1) is 17.2. The van der Waals surface area contributed by atoms with Crippen LogP contribution in [0.3, 0.4) is 0 Å². The first-order chi connectivity index (χ1) is 11.6. The number of likely N-dealkylation sites (tertiary alicyclic amines) is 1. The molecule has 3 heterocycles. The average Bonchev–Trinajstić information content (AvgIpc) is 3.16. The zero-order valence-electron chi connectivity index (χ0n) is 15.0. The van der Waals surface area contributed by atoms with E-state index < -0.39 is 6.10 Å². The molecular weight excluding hydrogens is 302 g/mol. The molecule has 1 atom stereocenters. The fourth-order valence-electron chi connectivity index (χ4n) is 3.62. The van der Waals surface area contributed by atoms with Gasteiger partial charge in [-0.15, -0.1) is 0 Å². The Bertz CT molecular complexity index is 654. The molecule has 3 rings (SSSR count). The van der Waals surface area contributed by atoms with Crippen LogP contribution in [0.5, 0.6) is 0 Å². The maximum absolute atomic E-state index is 10.6. The van der Waals surface area contributed by atoms with Crippen LogP contribution in [0, 0.1) is 12.8 Å². The summed E-state index contributed by atoms with van der Waals surface area (Å²) < 4.78 is 4.02. The lowest BCUT2D eigenvalue weighted by Crippen LogP contribution is -2.35. The van der Waals surface area contributed by atoms with Gasteiger partial charge in [-0.05, 0) is 45.2 Å². The summed E-state index contributed by atoms with van der Waals surface area (Å²) in [5.41, 5.74) is 2.61. The Labute approximate surface area is 144 Å². The fourth-order valence-corrected chi connectivity index (χ4v) is 3.62. The minimum absolute atomic E-state index is 0.297. The quantitative estimate of drug-likeness (QED) is 0.882. The van der Waals surface area contributed by atoms with E-state index in [1.165, 1.54) is 11.3 Å². The van der Waals surface area contributed by atoms with Crippen LogP contribution in [-0.4, -0.2) is 42.4 Å². The van der Waals surface area contributed by atoms with E-state index in [2.05, 4.69) is 33.5 Å². The van der Waals surface area contributed by atoms with Crippen molar-refractivity contribution in [1.82, 2.24) is 24.2 Å². The summed E-state index contributed by atoms with van der Waals surface area (Å²) in [5.74, 6) is 1.08. The molecule has 1 fully saturated rings. The Morgan fingerprint density at radius 1 is 1.33 bits per heavy atom. The number of imidazole rings is 1. The molecule has 0 unspecified atom stereocenters. The maximum atomic E-state index is 10.6. The van der Waals surface area contributed by atoms with Crippen molar-refractivity contribution in [2.75, 3.05) is 13.1 Å². The maximum Gasteiger partial charge on any atom is 0.137 e. The minimum Gasteiger partial charge on any atom is -0.385 e. The van der Waals surface area contributed by atoms with Crippen molar-refractivity contribution < 1.29 is 5.11 Å². The van der Waals surface area contributed by atoms with Crippen LogP contribution < -0.4 is 0 Å². The lowest BCUT2D eigenvalue weighted by atomic mass is 9.90. The SMILES string of the molecule is CCCn1ncc(CN2CCC([C@@H](O)c3nccn3C)CC2)c1C. The van der Waals surface area contributed by atoms with Crippen molar-refractivity contribution in [3.63, 3.8) is 0 Å².